The summed E-state index contributed by atoms with van der Waals surface area (Å²) in [7, 11) is 0. The van der Waals surface area contributed by atoms with Crippen molar-refractivity contribution >= 4 is 5.97 Å². The van der Waals surface area contributed by atoms with E-state index in [0.717, 1.165) is 32.1 Å². The number of carbonyl (C=O) groups is 1. The van der Waals surface area contributed by atoms with Crippen LogP contribution >= 0.6 is 0 Å². The number of furan rings is 1. The fraction of sp³-hybridized carbons (Fsp3) is 0.615. The zero-order chi connectivity index (χ0) is 12.5. The molecular weight excluding hydrogens is 220 g/mol. The van der Waals surface area contributed by atoms with Gasteiger partial charge in [0, 0.05) is 5.41 Å². The summed E-state index contributed by atoms with van der Waals surface area (Å²) in [6.45, 7) is 2.07. The van der Waals surface area contributed by atoms with Crippen molar-refractivity contribution in [3.05, 3.63) is 23.7 Å². The molecule has 94 valence electrons. The molecule has 0 bridgehead atoms. The van der Waals surface area contributed by atoms with Crippen molar-refractivity contribution in [3.63, 3.8) is 0 Å². The Morgan fingerprint density at radius 3 is 2.59 bits per heavy atom. The van der Waals surface area contributed by atoms with Gasteiger partial charge in [-0.1, -0.05) is 19.8 Å². The van der Waals surface area contributed by atoms with Gasteiger partial charge in [0.15, 0.2) is 0 Å². The minimum absolute atomic E-state index is 0.108. The number of carboxylic acids is 1. The molecule has 0 spiro atoms. The average Bonchev–Trinajstić information content (AvgIpc) is 2.98. The van der Waals surface area contributed by atoms with E-state index in [2.05, 4.69) is 6.92 Å². The molecule has 17 heavy (non-hydrogen) atoms. The van der Waals surface area contributed by atoms with Crippen molar-refractivity contribution in [2.75, 3.05) is 0 Å². The molecule has 1 aliphatic carbocycles. The fourth-order valence-corrected chi connectivity index (χ4v) is 2.82. The molecular formula is C13H18O4. The van der Waals surface area contributed by atoms with Crippen LogP contribution in [-0.2, 0) is 0 Å². The maximum absolute atomic E-state index is 10.7. The Bertz CT molecular complexity index is 401. The summed E-state index contributed by atoms with van der Waals surface area (Å²) in [4.78, 5) is 10.7. The van der Waals surface area contributed by atoms with Gasteiger partial charge >= 0.3 is 5.97 Å². The molecule has 1 atom stereocenters. The molecule has 1 aliphatic rings. The van der Waals surface area contributed by atoms with Crippen LogP contribution in [0.3, 0.4) is 0 Å². The number of carboxylic acid groups (broad SMARTS) is 1. The van der Waals surface area contributed by atoms with Gasteiger partial charge < -0.3 is 14.6 Å². The first kappa shape index (κ1) is 12.2. The Morgan fingerprint density at radius 1 is 1.47 bits per heavy atom. The van der Waals surface area contributed by atoms with Crippen LogP contribution in [0.25, 0.3) is 0 Å². The third kappa shape index (κ3) is 2.09. The zero-order valence-electron chi connectivity index (χ0n) is 9.98. The second-order valence-corrected chi connectivity index (χ2v) is 4.83. The van der Waals surface area contributed by atoms with Crippen molar-refractivity contribution < 1.29 is 19.4 Å². The number of hydrogen-bond acceptors (Lipinski definition) is 3. The van der Waals surface area contributed by atoms with Crippen molar-refractivity contribution in [2.45, 2.75) is 45.1 Å². The first-order chi connectivity index (χ1) is 8.09. The van der Waals surface area contributed by atoms with Crippen LogP contribution in [0.5, 0.6) is 0 Å². The van der Waals surface area contributed by atoms with Gasteiger partial charge in [0.05, 0.1) is 0 Å². The molecule has 1 heterocycles. The monoisotopic (exact) mass is 238 g/mol. The van der Waals surface area contributed by atoms with Gasteiger partial charge in [0.25, 0.3) is 0 Å². The van der Waals surface area contributed by atoms with Gasteiger partial charge in [-0.05, 0) is 31.4 Å². The molecule has 2 rings (SSSR count). The van der Waals surface area contributed by atoms with Crippen LogP contribution in [0.2, 0.25) is 0 Å². The molecule has 0 aliphatic heterocycles. The van der Waals surface area contributed by atoms with Crippen molar-refractivity contribution in [2.24, 2.45) is 5.41 Å². The zero-order valence-corrected chi connectivity index (χ0v) is 9.98. The van der Waals surface area contributed by atoms with E-state index in [1.165, 1.54) is 6.07 Å². The summed E-state index contributed by atoms with van der Waals surface area (Å²) in [5, 5.41) is 19.2. The van der Waals surface area contributed by atoms with Crippen LogP contribution in [0, 0.1) is 5.41 Å². The highest BCUT2D eigenvalue weighted by Gasteiger charge is 2.41. The number of rotatable bonds is 4. The normalized spacial score (nSPS) is 20.4. The molecule has 1 fully saturated rings. The lowest BCUT2D eigenvalue weighted by Crippen LogP contribution is -2.24. The second kappa shape index (κ2) is 4.53. The van der Waals surface area contributed by atoms with Gasteiger partial charge in [0.2, 0.25) is 5.76 Å². The number of aliphatic hydroxyl groups is 1. The Labute approximate surface area is 100 Å². The fourth-order valence-electron chi connectivity index (χ4n) is 2.82. The minimum atomic E-state index is -1.10. The van der Waals surface area contributed by atoms with E-state index >= 15 is 0 Å². The van der Waals surface area contributed by atoms with E-state index in [-0.39, 0.29) is 11.2 Å². The van der Waals surface area contributed by atoms with Crippen molar-refractivity contribution in [3.8, 4) is 0 Å². The van der Waals surface area contributed by atoms with Crippen LogP contribution in [0.1, 0.15) is 61.4 Å². The maximum atomic E-state index is 10.7. The smallest absolute Gasteiger partial charge is 0.371 e. The Balaban J connectivity index is 2.23. The third-order valence-electron chi connectivity index (χ3n) is 3.99. The average molecular weight is 238 g/mol. The lowest BCUT2D eigenvalue weighted by Gasteiger charge is -2.31. The van der Waals surface area contributed by atoms with Crippen LogP contribution in [0.4, 0.5) is 0 Å². The van der Waals surface area contributed by atoms with E-state index in [1.54, 1.807) is 6.07 Å². The lowest BCUT2D eigenvalue weighted by molar-refractivity contribution is 0.00651. The predicted octanol–water partition coefficient (Wildman–Crippen LogP) is 2.98. The molecule has 2 N–H and O–H groups in total. The Kier molecular flexibility index (Phi) is 3.24. The number of aliphatic hydroxyl groups excluding tert-OH is 1. The summed E-state index contributed by atoms with van der Waals surface area (Å²) in [5.41, 5.74) is -0.131. The standard InChI is InChI=1S/C13H18O4/c1-2-13(7-3-4-8-13)11(14)9-5-6-10(17-9)12(15)16/h5-6,11,14H,2-4,7-8H2,1H3,(H,15,16). The van der Waals surface area contributed by atoms with E-state index < -0.39 is 12.1 Å². The molecule has 1 unspecified atom stereocenters. The van der Waals surface area contributed by atoms with Crippen molar-refractivity contribution in [1.82, 2.24) is 0 Å². The van der Waals surface area contributed by atoms with Crippen LogP contribution in [-0.4, -0.2) is 16.2 Å². The summed E-state index contributed by atoms with van der Waals surface area (Å²) < 4.78 is 5.20. The van der Waals surface area contributed by atoms with Crippen LogP contribution in [0.15, 0.2) is 16.5 Å². The summed E-state index contributed by atoms with van der Waals surface area (Å²) in [6, 6.07) is 2.98. The minimum Gasteiger partial charge on any atom is -0.475 e. The molecule has 1 saturated carbocycles. The molecule has 0 radical (unpaired) electrons. The molecule has 1 aromatic rings. The first-order valence-electron chi connectivity index (χ1n) is 6.10. The summed E-state index contributed by atoms with van der Waals surface area (Å²) in [5.74, 6) is -0.824. The number of hydrogen-bond donors (Lipinski definition) is 2. The molecule has 0 aromatic carbocycles. The Morgan fingerprint density at radius 2 is 2.12 bits per heavy atom. The van der Waals surface area contributed by atoms with Gasteiger partial charge in [0.1, 0.15) is 11.9 Å². The highest BCUT2D eigenvalue weighted by Crippen LogP contribution is 2.50. The van der Waals surface area contributed by atoms with E-state index in [9.17, 15) is 9.90 Å². The predicted molar refractivity (Wildman–Crippen MR) is 61.8 cm³/mol. The molecule has 0 amide bonds. The van der Waals surface area contributed by atoms with Gasteiger partial charge in [-0.3, -0.25) is 0 Å². The maximum Gasteiger partial charge on any atom is 0.371 e. The van der Waals surface area contributed by atoms with Gasteiger partial charge in [-0.2, -0.15) is 0 Å². The SMILES string of the molecule is CCC1(C(O)c2ccc(C(=O)O)o2)CCCC1. The molecule has 1 aromatic heterocycles. The Hall–Kier alpha value is -1.29. The molecule has 0 saturated heterocycles. The third-order valence-corrected chi connectivity index (χ3v) is 3.99. The first-order valence-corrected chi connectivity index (χ1v) is 6.10. The largest absolute Gasteiger partial charge is 0.475 e. The van der Waals surface area contributed by atoms with Gasteiger partial charge in [-0.15, -0.1) is 0 Å². The van der Waals surface area contributed by atoms with E-state index in [1.807, 2.05) is 0 Å². The van der Waals surface area contributed by atoms with E-state index in [0.29, 0.717) is 5.76 Å². The highest BCUT2D eigenvalue weighted by molar-refractivity contribution is 5.84. The summed E-state index contributed by atoms with van der Waals surface area (Å²) in [6.07, 6.45) is 4.40. The number of aromatic carboxylic acids is 1. The van der Waals surface area contributed by atoms with Crippen LogP contribution < -0.4 is 0 Å². The summed E-state index contributed by atoms with van der Waals surface area (Å²) >= 11 is 0. The topological polar surface area (TPSA) is 70.7 Å². The molecule has 4 heteroatoms. The second-order valence-electron chi connectivity index (χ2n) is 4.83. The molecule has 4 nitrogen and oxygen atoms in total. The van der Waals surface area contributed by atoms with Gasteiger partial charge in [-0.25, -0.2) is 4.79 Å². The van der Waals surface area contributed by atoms with Crippen molar-refractivity contribution in [1.29, 1.82) is 0 Å². The lowest BCUT2D eigenvalue weighted by atomic mass is 9.77. The highest BCUT2D eigenvalue weighted by atomic mass is 16.4. The quantitative estimate of drug-likeness (QED) is 0.845. The van der Waals surface area contributed by atoms with E-state index in [4.69, 9.17) is 9.52 Å².